The van der Waals surface area contributed by atoms with Crippen molar-refractivity contribution in [2.75, 3.05) is 5.32 Å². The number of aryl methyl sites for hydroxylation is 1. The van der Waals surface area contributed by atoms with Crippen molar-refractivity contribution in [2.24, 2.45) is 0 Å². The maximum absolute atomic E-state index is 12.0. The summed E-state index contributed by atoms with van der Waals surface area (Å²) in [4.78, 5) is 27.5. The van der Waals surface area contributed by atoms with Gasteiger partial charge in [0.25, 0.3) is 5.91 Å². The van der Waals surface area contributed by atoms with Gasteiger partial charge in [-0.15, -0.1) is 0 Å². The van der Waals surface area contributed by atoms with Crippen molar-refractivity contribution in [1.29, 1.82) is 0 Å². The number of imide groups is 1. The minimum absolute atomic E-state index is 0.00684. The zero-order valence-electron chi connectivity index (χ0n) is 11.0. The Hall–Kier alpha value is -2.11. The molecule has 0 radical (unpaired) electrons. The molecule has 0 bridgehead atoms. The van der Waals surface area contributed by atoms with Gasteiger partial charge in [-0.05, 0) is 19.1 Å². The van der Waals surface area contributed by atoms with Crippen LogP contribution in [0.4, 0.5) is 10.5 Å². The van der Waals surface area contributed by atoms with Crippen LogP contribution in [0.3, 0.4) is 0 Å². The van der Waals surface area contributed by atoms with Crippen LogP contribution in [0.25, 0.3) is 0 Å². The number of anilines is 1. The van der Waals surface area contributed by atoms with Crippen LogP contribution < -0.4 is 10.6 Å². The third-order valence-electron chi connectivity index (χ3n) is 2.62. The lowest BCUT2D eigenvalue weighted by molar-refractivity contribution is 0.0967. The molecule has 1 aromatic heterocycles. The van der Waals surface area contributed by atoms with E-state index >= 15 is 0 Å². The minimum atomic E-state index is -0.697. The summed E-state index contributed by atoms with van der Waals surface area (Å²) in [6, 6.07) is 6.47. The number of carbonyl (C=O) groups is 2. The van der Waals surface area contributed by atoms with E-state index in [1.54, 1.807) is 12.1 Å². The number of halogens is 2. The lowest BCUT2D eigenvalue weighted by Gasteiger charge is -2.08. The number of rotatable bonds is 2. The molecule has 7 heteroatoms. The predicted molar refractivity (Wildman–Crippen MR) is 81.9 cm³/mol. The number of aromatic nitrogens is 1. The third-order valence-corrected chi connectivity index (χ3v) is 3.19. The van der Waals surface area contributed by atoms with Gasteiger partial charge in [-0.2, -0.15) is 0 Å². The monoisotopic (exact) mass is 323 g/mol. The fourth-order valence-corrected chi connectivity index (χ4v) is 2.13. The Labute approximate surface area is 131 Å². The fraction of sp³-hybridized carbons (Fsp3) is 0.0714. The zero-order valence-corrected chi connectivity index (χ0v) is 12.5. The van der Waals surface area contributed by atoms with Gasteiger partial charge in [0.15, 0.2) is 0 Å². The summed E-state index contributed by atoms with van der Waals surface area (Å²) in [6.45, 7) is 1.93. The molecule has 0 fully saturated rings. The van der Waals surface area contributed by atoms with Gasteiger partial charge in [-0.25, -0.2) is 4.79 Å². The second-order valence-corrected chi connectivity index (χ2v) is 5.07. The van der Waals surface area contributed by atoms with Crippen molar-refractivity contribution in [3.05, 3.63) is 57.8 Å². The van der Waals surface area contributed by atoms with E-state index in [9.17, 15) is 9.59 Å². The Morgan fingerprint density at radius 1 is 1.05 bits per heavy atom. The number of hydrogen-bond donors (Lipinski definition) is 2. The molecule has 0 saturated carbocycles. The number of nitrogens with zero attached hydrogens (tertiary/aromatic N) is 1. The average molecular weight is 324 g/mol. The summed E-state index contributed by atoms with van der Waals surface area (Å²) < 4.78 is 0. The van der Waals surface area contributed by atoms with Crippen molar-refractivity contribution in [3.8, 4) is 0 Å². The van der Waals surface area contributed by atoms with Gasteiger partial charge in [-0.1, -0.05) is 40.9 Å². The van der Waals surface area contributed by atoms with E-state index in [1.807, 2.05) is 19.1 Å². The first kappa shape index (κ1) is 15.3. The number of pyridine rings is 1. The van der Waals surface area contributed by atoms with Crippen LogP contribution in [0.15, 0.2) is 36.7 Å². The Bertz CT molecular complexity index is 667. The predicted octanol–water partition coefficient (Wildman–Crippen LogP) is 3.66. The van der Waals surface area contributed by atoms with E-state index < -0.39 is 11.9 Å². The van der Waals surface area contributed by atoms with E-state index in [4.69, 9.17) is 23.2 Å². The maximum Gasteiger partial charge on any atom is 0.326 e. The topological polar surface area (TPSA) is 71.1 Å². The van der Waals surface area contributed by atoms with E-state index in [-0.39, 0.29) is 15.6 Å². The van der Waals surface area contributed by atoms with Crippen molar-refractivity contribution < 1.29 is 9.59 Å². The van der Waals surface area contributed by atoms with Crippen LogP contribution in [-0.2, 0) is 0 Å². The summed E-state index contributed by atoms with van der Waals surface area (Å²) in [6.07, 6.45) is 2.56. The van der Waals surface area contributed by atoms with Gasteiger partial charge in [0, 0.05) is 18.1 Å². The quantitative estimate of drug-likeness (QED) is 0.885. The summed E-state index contributed by atoms with van der Waals surface area (Å²) in [5.41, 5.74) is 1.64. The highest BCUT2D eigenvalue weighted by atomic mass is 35.5. The minimum Gasteiger partial charge on any atom is -0.308 e. The van der Waals surface area contributed by atoms with Crippen molar-refractivity contribution in [2.45, 2.75) is 6.92 Å². The molecule has 0 aliphatic rings. The molecule has 2 aromatic rings. The summed E-state index contributed by atoms with van der Waals surface area (Å²) >= 11 is 11.7. The molecule has 1 heterocycles. The molecular formula is C14H11Cl2N3O2. The van der Waals surface area contributed by atoms with Gasteiger partial charge < -0.3 is 5.32 Å². The number of amides is 3. The second kappa shape index (κ2) is 6.56. The number of nitrogens with one attached hydrogen (secondary N) is 2. The molecule has 0 atom stereocenters. The molecule has 0 aliphatic carbocycles. The average Bonchev–Trinajstić information content (AvgIpc) is 2.41. The SMILES string of the molecule is Cc1ccc(NC(=O)NC(=O)c2c(Cl)cncc2Cl)cc1. The Balaban J connectivity index is 2.06. The molecule has 2 rings (SSSR count). The normalized spacial score (nSPS) is 10.0. The number of carbonyl (C=O) groups excluding carboxylic acids is 2. The van der Waals surface area contributed by atoms with Crippen LogP contribution in [0.1, 0.15) is 15.9 Å². The molecule has 5 nitrogen and oxygen atoms in total. The zero-order chi connectivity index (χ0) is 15.4. The smallest absolute Gasteiger partial charge is 0.308 e. The standard InChI is InChI=1S/C14H11Cl2N3O2/c1-8-2-4-9(5-3-8)18-14(21)19-13(20)12-10(15)6-17-7-11(12)16/h2-7H,1H3,(H2,18,19,20,21). The fourth-order valence-electron chi connectivity index (χ4n) is 1.59. The van der Waals surface area contributed by atoms with E-state index in [0.717, 1.165) is 5.56 Å². The van der Waals surface area contributed by atoms with Crippen molar-refractivity contribution in [3.63, 3.8) is 0 Å². The second-order valence-electron chi connectivity index (χ2n) is 4.25. The Kier molecular flexibility index (Phi) is 4.77. The lowest BCUT2D eigenvalue weighted by Crippen LogP contribution is -2.34. The molecule has 2 N–H and O–H groups in total. The first-order valence-corrected chi connectivity index (χ1v) is 6.71. The summed E-state index contributed by atoms with van der Waals surface area (Å²) in [5.74, 6) is -0.697. The molecule has 1 aromatic carbocycles. The number of urea groups is 1. The lowest BCUT2D eigenvalue weighted by atomic mass is 10.2. The van der Waals surface area contributed by atoms with Crippen LogP contribution in [0.2, 0.25) is 10.0 Å². The highest BCUT2D eigenvalue weighted by Gasteiger charge is 2.17. The Morgan fingerprint density at radius 2 is 1.62 bits per heavy atom. The van der Waals surface area contributed by atoms with Crippen LogP contribution in [0.5, 0.6) is 0 Å². The molecular weight excluding hydrogens is 313 g/mol. The number of hydrogen-bond acceptors (Lipinski definition) is 3. The molecule has 108 valence electrons. The van der Waals surface area contributed by atoms with Gasteiger partial charge in [0.1, 0.15) is 0 Å². The molecule has 0 aliphatic heterocycles. The summed E-state index contributed by atoms with van der Waals surface area (Å²) in [5, 5.41) is 4.84. The van der Waals surface area contributed by atoms with E-state index in [0.29, 0.717) is 5.69 Å². The van der Waals surface area contributed by atoms with Crippen molar-refractivity contribution in [1.82, 2.24) is 10.3 Å². The maximum atomic E-state index is 12.0. The van der Waals surface area contributed by atoms with E-state index in [1.165, 1.54) is 12.4 Å². The molecule has 0 unspecified atom stereocenters. The van der Waals surface area contributed by atoms with E-state index in [2.05, 4.69) is 15.6 Å². The molecule has 3 amide bonds. The van der Waals surface area contributed by atoms with Gasteiger partial charge in [0.2, 0.25) is 0 Å². The Morgan fingerprint density at radius 3 is 2.19 bits per heavy atom. The van der Waals surface area contributed by atoms with Gasteiger partial charge >= 0.3 is 6.03 Å². The van der Waals surface area contributed by atoms with Gasteiger partial charge in [0.05, 0.1) is 15.6 Å². The van der Waals surface area contributed by atoms with Crippen LogP contribution in [-0.4, -0.2) is 16.9 Å². The number of benzene rings is 1. The van der Waals surface area contributed by atoms with Crippen molar-refractivity contribution >= 4 is 40.8 Å². The van der Waals surface area contributed by atoms with Crippen LogP contribution >= 0.6 is 23.2 Å². The highest BCUT2D eigenvalue weighted by Crippen LogP contribution is 2.22. The first-order chi connectivity index (χ1) is 9.97. The molecule has 0 saturated heterocycles. The van der Waals surface area contributed by atoms with Crippen LogP contribution in [0, 0.1) is 6.92 Å². The third kappa shape index (κ3) is 3.93. The molecule has 0 spiro atoms. The highest BCUT2D eigenvalue weighted by molar-refractivity contribution is 6.39. The first-order valence-electron chi connectivity index (χ1n) is 5.95. The summed E-state index contributed by atoms with van der Waals surface area (Å²) in [7, 11) is 0. The van der Waals surface area contributed by atoms with Gasteiger partial charge in [-0.3, -0.25) is 15.1 Å². The largest absolute Gasteiger partial charge is 0.326 e. The molecule has 21 heavy (non-hydrogen) atoms.